The predicted octanol–water partition coefficient (Wildman–Crippen LogP) is 3.15. The average molecular weight is 362 g/mol. The number of anilines is 1. The molecule has 2 N–H and O–H groups in total. The van der Waals surface area contributed by atoms with Crippen molar-refractivity contribution in [3.05, 3.63) is 27.1 Å². The number of hydrogen-bond donors (Lipinski definition) is 2. The van der Waals surface area contributed by atoms with Crippen molar-refractivity contribution in [2.24, 2.45) is 5.92 Å². The van der Waals surface area contributed by atoms with Crippen molar-refractivity contribution in [3.8, 4) is 0 Å². The Kier molecular flexibility index (Phi) is 4.22. The first-order chi connectivity index (χ1) is 8.08. The maximum Gasteiger partial charge on any atom is 0.241 e. The summed E-state index contributed by atoms with van der Waals surface area (Å²) in [5.74, 6) is 0.433. The zero-order chi connectivity index (χ0) is 12.4. The van der Waals surface area contributed by atoms with E-state index in [4.69, 9.17) is 0 Å². The van der Waals surface area contributed by atoms with E-state index in [2.05, 4.69) is 49.4 Å². The van der Waals surface area contributed by atoms with Crippen molar-refractivity contribution < 1.29 is 4.79 Å². The Morgan fingerprint density at radius 3 is 2.82 bits per heavy atom. The lowest BCUT2D eigenvalue weighted by Gasteiger charge is -2.16. The molecule has 92 valence electrons. The normalized spacial score (nSPS) is 23.7. The molecule has 0 bridgehead atoms. The van der Waals surface area contributed by atoms with Gasteiger partial charge in [0.15, 0.2) is 0 Å². The lowest BCUT2D eigenvalue weighted by atomic mass is 10.0. The molecule has 1 aromatic carbocycles. The highest BCUT2D eigenvalue weighted by molar-refractivity contribution is 9.11. The van der Waals surface area contributed by atoms with Crippen LogP contribution in [0.4, 0.5) is 5.69 Å². The second-order valence-electron chi connectivity index (χ2n) is 4.31. The van der Waals surface area contributed by atoms with E-state index in [1.807, 2.05) is 18.2 Å². The Morgan fingerprint density at radius 1 is 1.47 bits per heavy atom. The number of halogens is 2. The summed E-state index contributed by atoms with van der Waals surface area (Å²) in [7, 11) is 0. The minimum atomic E-state index is -0.0782. The van der Waals surface area contributed by atoms with Gasteiger partial charge >= 0.3 is 0 Å². The molecule has 2 rings (SSSR count). The van der Waals surface area contributed by atoms with E-state index >= 15 is 0 Å². The first-order valence-corrected chi connectivity index (χ1v) is 7.16. The van der Waals surface area contributed by atoms with Gasteiger partial charge in [0.2, 0.25) is 5.91 Å². The molecule has 1 aliphatic heterocycles. The number of benzene rings is 1. The molecule has 0 spiro atoms. The van der Waals surface area contributed by atoms with Gasteiger partial charge in [0.25, 0.3) is 0 Å². The first-order valence-electron chi connectivity index (χ1n) is 5.57. The van der Waals surface area contributed by atoms with Crippen LogP contribution in [0.3, 0.4) is 0 Å². The smallest absolute Gasteiger partial charge is 0.241 e. The summed E-state index contributed by atoms with van der Waals surface area (Å²) in [6.45, 7) is 3.02. The molecule has 1 saturated heterocycles. The van der Waals surface area contributed by atoms with Crippen molar-refractivity contribution in [2.75, 3.05) is 11.9 Å². The maximum absolute atomic E-state index is 12.1. The van der Waals surface area contributed by atoms with E-state index in [0.717, 1.165) is 27.6 Å². The Balaban J connectivity index is 2.07. The average Bonchev–Trinajstić information content (AvgIpc) is 2.68. The van der Waals surface area contributed by atoms with Crippen LogP contribution in [0.5, 0.6) is 0 Å². The van der Waals surface area contributed by atoms with Crippen LogP contribution in [-0.4, -0.2) is 18.5 Å². The van der Waals surface area contributed by atoms with Gasteiger partial charge in [-0.25, -0.2) is 0 Å². The molecule has 1 fully saturated rings. The fourth-order valence-corrected chi connectivity index (χ4v) is 3.13. The fourth-order valence-electron chi connectivity index (χ4n) is 1.99. The van der Waals surface area contributed by atoms with Crippen molar-refractivity contribution in [1.29, 1.82) is 0 Å². The fraction of sp³-hybridized carbons (Fsp3) is 0.417. The Hall–Kier alpha value is -0.390. The number of carbonyl (C=O) groups excluding carboxylic acids is 1. The lowest BCUT2D eigenvalue weighted by molar-refractivity contribution is -0.118. The molecule has 2 atom stereocenters. The first kappa shape index (κ1) is 13.1. The predicted molar refractivity (Wildman–Crippen MR) is 76.0 cm³/mol. The van der Waals surface area contributed by atoms with Gasteiger partial charge in [0, 0.05) is 8.95 Å². The number of nitrogens with one attached hydrogen (secondary N) is 2. The Labute approximate surface area is 118 Å². The van der Waals surface area contributed by atoms with Gasteiger partial charge in [0.05, 0.1) is 11.7 Å². The third-order valence-corrected chi connectivity index (χ3v) is 4.15. The number of hydrogen-bond acceptors (Lipinski definition) is 2. The molecule has 1 heterocycles. The van der Waals surface area contributed by atoms with Gasteiger partial charge < -0.3 is 10.6 Å². The molecule has 1 aliphatic rings. The van der Waals surface area contributed by atoms with Crippen LogP contribution in [0.1, 0.15) is 13.3 Å². The van der Waals surface area contributed by atoms with E-state index in [-0.39, 0.29) is 11.9 Å². The van der Waals surface area contributed by atoms with Gasteiger partial charge in [0.1, 0.15) is 0 Å². The van der Waals surface area contributed by atoms with E-state index in [1.54, 1.807) is 0 Å². The molecule has 0 aliphatic carbocycles. The SMILES string of the molecule is CC1CCNC1C(=O)Nc1ccc(Br)cc1Br. The summed E-state index contributed by atoms with van der Waals surface area (Å²) >= 11 is 6.82. The molecule has 17 heavy (non-hydrogen) atoms. The molecule has 3 nitrogen and oxygen atoms in total. The van der Waals surface area contributed by atoms with Crippen molar-refractivity contribution in [3.63, 3.8) is 0 Å². The highest BCUT2D eigenvalue weighted by Crippen LogP contribution is 2.27. The van der Waals surface area contributed by atoms with Crippen LogP contribution in [0.15, 0.2) is 27.1 Å². The van der Waals surface area contributed by atoms with E-state index < -0.39 is 0 Å². The quantitative estimate of drug-likeness (QED) is 0.849. The van der Waals surface area contributed by atoms with Gasteiger partial charge in [-0.2, -0.15) is 0 Å². The zero-order valence-electron chi connectivity index (χ0n) is 9.47. The largest absolute Gasteiger partial charge is 0.324 e. The van der Waals surface area contributed by atoms with Gasteiger partial charge in [-0.1, -0.05) is 22.9 Å². The molecule has 5 heteroatoms. The Morgan fingerprint density at radius 2 is 2.24 bits per heavy atom. The second-order valence-corrected chi connectivity index (χ2v) is 6.08. The van der Waals surface area contributed by atoms with Crippen LogP contribution in [-0.2, 0) is 4.79 Å². The highest BCUT2D eigenvalue weighted by Gasteiger charge is 2.29. The van der Waals surface area contributed by atoms with Crippen molar-refractivity contribution in [2.45, 2.75) is 19.4 Å². The van der Waals surface area contributed by atoms with Crippen molar-refractivity contribution >= 4 is 43.5 Å². The number of amides is 1. The maximum atomic E-state index is 12.1. The minimum Gasteiger partial charge on any atom is -0.324 e. The monoisotopic (exact) mass is 360 g/mol. The molecular formula is C12H14Br2N2O. The van der Waals surface area contributed by atoms with Crippen LogP contribution in [0.25, 0.3) is 0 Å². The van der Waals surface area contributed by atoms with E-state index in [9.17, 15) is 4.79 Å². The summed E-state index contributed by atoms with van der Waals surface area (Å²) in [4.78, 5) is 12.1. The molecule has 0 aromatic heterocycles. The van der Waals surface area contributed by atoms with Gasteiger partial charge in [-0.3, -0.25) is 4.79 Å². The summed E-state index contributed by atoms with van der Waals surface area (Å²) in [5.41, 5.74) is 0.805. The Bertz CT molecular complexity index is 437. The third kappa shape index (κ3) is 3.09. The standard InChI is InChI=1S/C12H14Br2N2O/c1-7-4-5-15-11(7)12(17)16-10-3-2-8(13)6-9(10)14/h2-3,6-7,11,15H,4-5H2,1H3,(H,16,17). The molecule has 1 amide bonds. The molecule has 0 saturated carbocycles. The molecule has 0 radical (unpaired) electrons. The van der Waals surface area contributed by atoms with Gasteiger partial charge in [-0.15, -0.1) is 0 Å². The molecule has 2 unspecified atom stereocenters. The molecular weight excluding hydrogens is 348 g/mol. The summed E-state index contributed by atoms with van der Waals surface area (Å²) < 4.78 is 1.86. The zero-order valence-corrected chi connectivity index (χ0v) is 12.6. The second kappa shape index (κ2) is 5.50. The third-order valence-electron chi connectivity index (χ3n) is 3.00. The summed E-state index contributed by atoms with van der Waals surface area (Å²) in [5, 5.41) is 6.16. The molecule has 1 aromatic rings. The number of rotatable bonds is 2. The van der Waals surface area contributed by atoms with Crippen LogP contribution < -0.4 is 10.6 Å². The van der Waals surface area contributed by atoms with Crippen LogP contribution in [0.2, 0.25) is 0 Å². The summed E-state index contributed by atoms with van der Waals surface area (Å²) in [6.07, 6.45) is 1.06. The van der Waals surface area contributed by atoms with E-state index in [0.29, 0.717) is 5.92 Å². The van der Waals surface area contributed by atoms with Crippen LogP contribution >= 0.6 is 31.9 Å². The number of carbonyl (C=O) groups is 1. The van der Waals surface area contributed by atoms with Crippen molar-refractivity contribution in [1.82, 2.24) is 5.32 Å². The highest BCUT2D eigenvalue weighted by atomic mass is 79.9. The van der Waals surface area contributed by atoms with E-state index in [1.165, 1.54) is 0 Å². The lowest BCUT2D eigenvalue weighted by Crippen LogP contribution is -2.39. The summed E-state index contributed by atoms with van der Waals surface area (Å²) in [6, 6.07) is 5.63. The van der Waals surface area contributed by atoms with Gasteiger partial charge in [-0.05, 0) is 53.0 Å². The van der Waals surface area contributed by atoms with Crippen LogP contribution in [0, 0.1) is 5.92 Å². The topological polar surface area (TPSA) is 41.1 Å². The minimum absolute atomic E-state index is 0.0398.